The first-order valence-corrected chi connectivity index (χ1v) is 7.90. The largest absolute Gasteiger partial charge is 0.417 e. The second-order valence-electron chi connectivity index (χ2n) is 5.38. The molecule has 0 aromatic rings. The summed E-state index contributed by atoms with van der Waals surface area (Å²) in [5.41, 5.74) is -2.65. The first kappa shape index (κ1) is 15.8. The Morgan fingerprint density at radius 3 is 2.50 bits per heavy atom. The minimum absolute atomic E-state index is 0.0678. The number of alkyl halides is 3. The van der Waals surface area contributed by atoms with Gasteiger partial charge in [0.25, 0.3) is 0 Å². The number of aliphatic hydroxyl groups is 1. The number of hydrogen-bond acceptors (Lipinski definition) is 3. The molecule has 0 spiro atoms. The van der Waals surface area contributed by atoms with Crippen molar-refractivity contribution >= 4 is 17.8 Å². The lowest BCUT2D eigenvalue weighted by Gasteiger charge is -2.39. The maximum Gasteiger partial charge on any atom is 0.417 e. The lowest BCUT2D eigenvalue weighted by molar-refractivity contribution is -0.271. The zero-order valence-corrected chi connectivity index (χ0v) is 11.9. The third-order valence-electron chi connectivity index (χ3n) is 3.89. The van der Waals surface area contributed by atoms with Crippen LogP contribution in [0.4, 0.5) is 18.0 Å². The van der Waals surface area contributed by atoms with Gasteiger partial charge in [0.1, 0.15) is 0 Å². The molecule has 8 heteroatoms. The van der Waals surface area contributed by atoms with E-state index in [1.807, 2.05) is 0 Å². The first-order chi connectivity index (χ1) is 9.32. The summed E-state index contributed by atoms with van der Waals surface area (Å²) in [6.45, 7) is -0.136. The summed E-state index contributed by atoms with van der Waals surface area (Å²) in [5.74, 6) is 1.95. The highest BCUT2D eigenvalue weighted by Crippen LogP contribution is 2.38. The van der Waals surface area contributed by atoms with Crippen molar-refractivity contribution in [2.45, 2.75) is 43.5 Å². The molecule has 0 saturated carbocycles. The fourth-order valence-electron chi connectivity index (χ4n) is 2.48. The van der Waals surface area contributed by atoms with Crippen LogP contribution in [-0.4, -0.2) is 58.5 Å². The second kappa shape index (κ2) is 6.01. The lowest BCUT2D eigenvalue weighted by Crippen LogP contribution is -2.57. The van der Waals surface area contributed by atoms with Crippen LogP contribution >= 0.6 is 11.8 Å². The van der Waals surface area contributed by atoms with Gasteiger partial charge in [0.05, 0.1) is 0 Å². The number of urea groups is 1. The van der Waals surface area contributed by atoms with Crippen LogP contribution in [0.25, 0.3) is 0 Å². The molecule has 116 valence electrons. The van der Waals surface area contributed by atoms with Crippen molar-refractivity contribution in [1.29, 1.82) is 0 Å². The number of likely N-dealkylation sites (tertiary alicyclic amines) is 1. The van der Waals surface area contributed by atoms with Crippen LogP contribution in [0.15, 0.2) is 0 Å². The molecule has 2 amide bonds. The van der Waals surface area contributed by atoms with Crippen LogP contribution in [-0.2, 0) is 0 Å². The van der Waals surface area contributed by atoms with E-state index in [2.05, 4.69) is 5.32 Å². The van der Waals surface area contributed by atoms with E-state index in [1.165, 1.54) is 4.90 Å². The zero-order valence-electron chi connectivity index (χ0n) is 11.1. The summed E-state index contributed by atoms with van der Waals surface area (Å²) in [5, 5.41) is 12.4. The smallest absolute Gasteiger partial charge is 0.380 e. The van der Waals surface area contributed by atoms with Crippen molar-refractivity contribution in [3.8, 4) is 0 Å². The Morgan fingerprint density at radius 2 is 2.00 bits per heavy atom. The number of amides is 2. The molecule has 2 heterocycles. The Labute approximate surface area is 120 Å². The van der Waals surface area contributed by atoms with Gasteiger partial charge in [-0.2, -0.15) is 24.9 Å². The van der Waals surface area contributed by atoms with Crippen LogP contribution < -0.4 is 5.32 Å². The number of nitrogens with zero attached hydrogens (tertiary/aromatic N) is 1. The van der Waals surface area contributed by atoms with Gasteiger partial charge >= 0.3 is 12.2 Å². The molecule has 1 atom stereocenters. The quantitative estimate of drug-likeness (QED) is 0.778. The van der Waals surface area contributed by atoms with Crippen molar-refractivity contribution in [1.82, 2.24) is 10.2 Å². The van der Waals surface area contributed by atoms with E-state index in [4.69, 9.17) is 0 Å². The van der Waals surface area contributed by atoms with Crippen molar-refractivity contribution in [3.63, 3.8) is 0 Å². The Hall–Kier alpha value is -0.630. The molecule has 0 bridgehead atoms. The fourth-order valence-corrected chi connectivity index (χ4v) is 3.56. The van der Waals surface area contributed by atoms with E-state index in [0.717, 1.165) is 24.3 Å². The summed E-state index contributed by atoms with van der Waals surface area (Å²) < 4.78 is 38.0. The molecular formula is C12H19F3N2O2S. The molecule has 0 aromatic heterocycles. The normalized spacial score (nSPS) is 27.2. The number of nitrogens with one attached hydrogen (secondary N) is 1. The van der Waals surface area contributed by atoms with Crippen LogP contribution in [0.3, 0.4) is 0 Å². The SMILES string of the molecule is O=C(N[C@H]1CCCSC1)N1CCC(O)(C(F)(F)F)CC1. The highest BCUT2D eigenvalue weighted by Gasteiger charge is 2.54. The minimum atomic E-state index is -4.63. The van der Waals surface area contributed by atoms with Crippen molar-refractivity contribution in [2.24, 2.45) is 0 Å². The molecule has 2 saturated heterocycles. The number of halogens is 3. The molecule has 20 heavy (non-hydrogen) atoms. The maximum absolute atomic E-state index is 12.7. The van der Waals surface area contributed by atoms with E-state index in [1.54, 1.807) is 11.8 Å². The van der Waals surface area contributed by atoms with Crippen LogP contribution in [0.2, 0.25) is 0 Å². The highest BCUT2D eigenvalue weighted by atomic mass is 32.2. The summed E-state index contributed by atoms with van der Waals surface area (Å²) >= 11 is 1.77. The number of piperidine rings is 1. The van der Waals surface area contributed by atoms with Crippen LogP contribution in [0, 0.1) is 0 Å². The monoisotopic (exact) mass is 312 g/mol. The third-order valence-corrected chi connectivity index (χ3v) is 5.11. The molecule has 2 fully saturated rings. The van der Waals surface area contributed by atoms with Crippen molar-refractivity contribution in [2.75, 3.05) is 24.6 Å². The molecule has 2 rings (SSSR count). The number of carbonyl (C=O) groups excluding carboxylic acids is 1. The molecule has 0 radical (unpaired) electrons. The Kier molecular flexibility index (Phi) is 4.73. The standard InChI is InChI=1S/C12H19F3N2O2S/c13-12(14,15)11(19)3-5-17(6-4-11)10(18)16-9-2-1-7-20-8-9/h9,19H,1-8H2,(H,16,18)/t9-/m0/s1. The average molecular weight is 312 g/mol. The summed E-state index contributed by atoms with van der Waals surface area (Å²) in [6.07, 6.45) is -3.58. The zero-order chi connectivity index (χ0) is 14.8. The van der Waals surface area contributed by atoms with E-state index in [0.29, 0.717) is 0 Å². The minimum Gasteiger partial charge on any atom is -0.380 e. The molecule has 4 nitrogen and oxygen atoms in total. The van der Waals surface area contributed by atoms with Crippen molar-refractivity contribution < 1.29 is 23.1 Å². The Morgan fingerprint density at radius 1 is 1.35 bits per heavy atom. The summed E-state index contributed by atoms with van der Waals surface area (Å²) in [6, 6.07) is -0.216. The molecule has 2 aliphatic rings. The summed E-state index contributed by atoms with van der Waals surface area (Å²) in [4.78, 5) is 13.3. The van der Waals surface area contributed by atoms with E-state index in [9.17, 15) is 23.1 Å². The van der Waals surface area contributed by atoms with Gasteiger partial charge in [-0.3, -0.25) is 0 Å². The van der Waals surface area contributed by atoms with Gasteiger partial charge in [0.2, 0.25) is 0 Å². The fraction of sp³-hybridized carbons (Fsp3) is 0.917. The molecule has 0 aliphatic carbocycles. The molecule has 0 aromatic carbocycles. The summed E-state index contributed by atoms with van der Waals surface area (Å²) in [7, 11) is 0. The Balaban J connectivity index is 1.82. The number of carbonyl (C=O) groups is 1. The molecule has 2 N–H and O–H groups in total. The van der Waals surface area contributed by atoms with Gasteiger partial charge in [0, 0.05) is 37.7 Å². The maximum atomic E-state index is 12.7. The number of thioether (sulfide) groups is 1. The average Bonchev–Trinajstić information content (AvgIpc) is 2.39. The van der Waals surface area contributed by atoms with Crippen molar-refractivity contribution in [3.05, 3.63) is 0 Å². The third kappa shape index (κ3) is 3.52. The molecule has 2 aliphatic heterocycles. The van der Waals surface area contributed by atoms with E-state index in [-0.39, 0.29) is 25.2 Å². The van der Waals surface area contributed by atoms with Crippen LogP contribution in [0.5, 0.6) is 0 Å². The lowest BCUT2D eigenvalue weighted by atomic mass is 9.91. The molecule has 0 unspecified atom stereocenters. The van der Waals surface area contributed by atoms with E-state index < -0.39 is 24.6 Å². The predicted molar refractivity (Wildman–Crippen MR) is 70.7 cm³/mol. The topological polar surface area (TPSA) is 52.6 Å². The number of rotatable bonds is 1. The van der Waals surface area contributed by atoms with Gasteiger partial charge < -0.3 is 15.3 Å². The van der Waals surface area contributed by atoms with Gasteiger partial charge in [-0.15, -0.1) is 0 Å². The van der Waals surface area contributed by atoms with E-state index >= 15 is 0 Å². The highest BCUT2D eigenvalue weighted by molar-refractivity contribution is 7.99. The van der Waals surface area contributed by atoms with Gasteiger partial charge in [-0.25, -0.2) is 4.79 Å². The van der Waals surface area contributed by atoms with Gasteiger partial charge in [-0.05, 0) is 18.6 Å². The predicted octanol–water partition coefficient (Wildman–Crippen LogP) is 1.98. The number of hydrogen-bond donors (Lipinski definition) is 2. The second-order valence-corrected chi connectivity index (χ2v) is 6.53. The Bertz CT molecular complexity index is 351. The molecular weight excluding hydrogens is 293 g/mol. The van der Waals surface area contributed by atoms with Gasteiger partial charge in [-0.1, -0.05) is 0 Å². The van der Waals surface area contributed by atoms with Crippen LogP contribution in [0.1, 0.15) is 25.7 Å². The first-order valence-electron chi connectivity index (χ1n) is 6.74. The van der Waals surface area contributed by atoms with Gasteiger partial charge in [0.15, 0.2) is 5.60 Å².